The quantitative estimate of drug-likeness (QED) is 0.747. The summed E-state index contributed by atoms with van der Waals surface area (Å²) in [6.07, 6.45) is 0. The van der Waals surface area contributed by atoms with Gasteiger partial charge in [-0.05, 0) is 12.1 Å². The smallest absolute Gasteiger partial charge is 0.195 e. The Morgan fingerprint density at radius 1 is 1.43 bits per heavy atom. The Morgan fingerprint density at radius 3 is 2.64 bits per heavy atom. The van der Waals surface area contributed by atoms with Crippen molar-refractivity contribution in [3.8, 4) is 11.8 Å². The predicted molar refractivity (Wildman–Crippen MR) is 50.7 cm³/mol. The van der Waals surface area contributed by atoms with Crippen LogP contribution in [-0.4, -0.2) is 21.3 Å². The Morgan fingerprint density at radius 2 is 2.07 bits per heavy atom. The van der Waals surface area contributed by atoms with Crippen molar-refractivity contribution in [3.63, 3.8) is 0 Å². The van der Waals surface area contributed by atoms with E-state index in [-0.39, 0.29) is 10.6 Å². The van der Waals surface area contributed by atoms with Crippen molar-refractivity contribution >= 4 is 9.84 Å². The lowest BCUT2D eigenvalue weighted by Gasteiger charge is -2.05. The molecule has 0 unspecified atom stereocenters. The molecule has 0 atom stereocenters. The second-order valence-electron chi connectivity index (χ2n) is 2.57. The minimum absolute atomic E-state index is 0.0593. The first-order valence-corrected chi connectivity index (χ1v) is 5.50. The molecule has 0 bridgehead atoms. The number of sulfone groups is 1. The molecular formula is C9H9NO3S. The summed E-state index contributed by atoms with van der Waals surface area (Å²) in [5, 5.41) is 8.36. The predicted octanol–water partition coefficient (Wildman–Crippen LogP) is 0.992. The molecule has 0 aliphatic rings. The van der Waals surface area contributed by atoms with Crippen LogP contribution in [0.25, 0.3) is 0 Å². The second-order valence-corrected chi connectivity index (χ2v) is 4.53. The van der Waals surface area contributed by atoms with Crippen molar-refractivity contribution in [1.29, 1.82) is 5.26 Å². The molecule has 0 spiro atoms. The standard InChI is InChI=1S/C9H9NO3S/c1-13-8-4-2-3-5-9(8)14(11,12)7-6-10/h2-5H,7H2,1H3. The number of rotatable bonds is 3. The Hall–Kier alpha value is -1.54. The maximum absolute atomic E-state index is 11.5. The summed E-state index contributed by atoms with van der Waals surface area (Å²) in [6.45, 7) is 0. The van der Waals surface area contributed by atoms with Crippen molar-refractivity contribution < 1.29 is 13.2 Å². The lowest BCUT2D eigenvalue weighted by atomic mass is 10.3. The third kappa shape index (κ3) is 2.03. The van der Waals surface area contributed by atoms with Gasteiger partial charge in [0.15, 0.2) is 9.84 Å². The van der Waals surface area contributed by atoms with Gasteiger partial charge < -0.3 is 4.74 Å². The minimum atomic E-state index is -3.54. The zero-order valence-electron chi connectivity index (χ0n) is 7.60. The zero-order chi connectivity index (χ0) is 10.6. The van der Waals surface area contributed by atoms with Crippen molar-refractivity contribution in [2.45, 2.75) is 4.90 Å². The highest BCUT2D eigenvalue weighted by Crippen LogP contribution is 2.23. The van der Waals surface area contributed by atoms with Gasteiger partial charge in [-0.25, -0.2) is 8.42 Å². The molecule has 0 aliphatic carbocycles. The van der Waals surface area contributed by atoms with Crippen molar-refractivity contribution in [3.05, 3.63) is 24.3 Å². The fourth-order valence-electron chi connectivity index (χ4n) is 1.04. The number of nitrogens with zero attached hydrogens (tertiary/aromatic N) is 1. The highest BCUT2D eigenvalue weighted by Gasteiger charge is 2.18. The summed E-state index contributed by atoms with van der Waals surface area (Å²) in [7, 11) is -2.15. The average molecular weight is 211 g/mol. The topological polar surface area (TPSA) is 67.2 Å². The molecule has 74 valence electrons. The summed E-state index contributed by atoms with van der Waals surface area (Å²) < 4.78 is 27.9. The van der Waals surface area contributed by atoms with Crippen molar-refractivity contribution in [1.82, 2.24) is 0 Å². The Balaban J connectivity index is 3.26. The molecule has 0 aliphatic heterocycles. The van der Waals surface area contributed by atoms with Crippen LogP contribution in [0.1, 0.15) is 0 Å². The normalized spacial score (nSPS) is 10.6. The van der Waals surface area contributed by atoms with E-state index in [4.69, 9.17) is 10.00 Å². The van der Waals surface area contributed by atoms with Crippen LogP contribution in [0.5, 0.6) is 5.75 Å². The largest absolute Gasteiger partial charge is 0.495 e. The van der Waals surface area contributed by atoms with Crippen molar-refractivity contribution in [2.75, 3.05) is 12.9 Å². The van der Waals surface area contributed by atoms with Gasteiger partial charge in [-0.15, -0.1) is 0 Å². The Kier molecular flexibility index (Phi) is 3.10. The van der Waals surface area contributed by atoms with E-state index in [0.717, 1.165) is 0 Å². The zero-order valence-corrected chi connectivity index (χ0v) is 8.41. The summed E-state index contributed by atoms with van der Waals surface area (Å²) in [5.74, 6) is -0.268. The van der Waals surface area contributed by atoms with Crippen LogP contribution < -0.4 is 4.74 Å². The second kappa shape index (κ2) is 4.11. The first-order chi connectivity index (χ1) is 6.61. The number of benzene rings is 1. The summed E-state index contributed by atoms with van der Waals surface area (Å²) in [6, 6.07) is 7.84. The third-order valence-corrected chi connectivity index (χ3v) is 3.18. The van der Waals surface area contributed by atoms with Gasteiger partial charge in [0, 0.05) is 0 Å². The minimum Gasteiger partial charge on any atom is -0.495 e. The van der Waals surface area contributed by atoms with E-state index < -0.39 is 15.6 Å². The molecule has 0 radical (unpaired) electrons. The van der Waals surface area contributed by atoms with E-state index in [1.54, 1.807) is 24.3 Å². The van der Waals surface area contributed by atoms with Gasteiger partial charge in [-0.3, -0.25) is 0 Å². The van der Waals surface area contributed by atoms with Crippen LogP contribution in [0.15, 0.2) is 29.2 Å². The number of methoxy groups -OCH3 is 1. The maximum Gasteiger partial charge on any atom is 0.195 e. The molecule has 0 saturated heterocycles. The molecule has 0 aromatic heterocycles. The van der Waals surface area contributed by atoms with E-state index in [9.17, 15) is 8.42 Å². The van der Waals surface area contributed by atoms with E-state index in [1.807, 2.05) is 0 Å². The molecule has 1 aromatic carbocycles. The third-order valence-electron chi connectivity index (χ3n) is 1.66. The first kappa shape index (κ1) is 10.5. The van der Waals surface area contributed by atoms with Gasteiger partial charge in [-0.1, -0.05) is 12.1 Å². The summed E-state index contributed by atoms with van der Waals surface area (Å²) in [5.41, 5.74) is 0. The van der Waals surface area contributed by atoms with Crippen LogP contribution >= 0.6 is 0 Å². The highest BCUT2D eigenvalue weighted by molar-refractivity contribution is 7.91. The van der Waals surface area contributed by atoms with Crippen LogP contribution in [-0.2, 0) is 9.84 Å². The summed E-state index contributed by atoms with van der Waals surface area (Å²) >= 11 is 0. The number of para-hydroxylation sites is 1. The number of hydrogen-bond donors (Lipinski definition) is 0. The molecule has 0 saturated carbocycles. The monoisotopic (exact) mass is 211 g/mol. The van der Waals surface area contributed by atoms with Crippen molar-refractivity contribution in [2.24, 2.45) is 0 Å². The molecule has 0 fully saturated rings. The van der Waals surface area contributed by atoms with E-state index >= 15 is 0 Å². The highest BCUT2D eigenvalue weighted by atomic mass is 32.2. The first-order valence-electron chi connectivity index (χ1n) is 3.84. The van der Waals surface area contributed by atoms with Gasteiger partial charge in [0.1, 0.15) is 16.4 Å². The Bertz CT molecular complexity index is 459. The van der Waals surface area contributed by atoms with Crippen LogP contribution in [0, 0.1) is 11.3 Å². The number of hydrogen-bond acceptors (Lipinski definition) is 4. The van der Waals surface area contributed by atoms with Gasteiger partial charge in [0.2, 0.25) is 0 Å². The van der Waals surface area contributed by atoms with Gasteiger partial charge in [0.05, 0.1) is 13.2 Å². The molecule has 5 heteroatoms. The molecule has 14 heavy (non-hydrogen) atoms. The SMILES string of the molecule is COc1ccccc1S(=O)(=O)CC#N. The molecule has 0 heterocycles. The molecular weight excluding hydrogens is 202 g/mol. The fourth-order valence-corrected chi connectivity index (χ4v) is 2.11. The molecule has 1 aromatic rings. The van der Waals surface area contributed by atoms with Crippen LogP contribution in [0.3, 0.4) is 0 Å². The van der Waals surface area contributed by atoms with Gasteiger partial charge in [0.25, 0.3) is 0 Å². The number of ether oxygens (including phenoxy) is 1. The molecule has 0 N–H and O–H groups in total. The van der Waals surface area contributed by atoms with Gasteiger partial charge >= 0.3 is 0 Å². The van der Waals surface area contributed by atoms with Crippen LogP contribution in [0.4, 0.5) is 0 Å². The maximum atomic E-state index is 11.5. The average Bonchev–Trinajstić information content (AvgIpc) is 2.18. The van der Waals surface area contributed by atoms with E-state index in [2.05, 4.69) is 0 Å². The van der Waals surface area contributed by atoms with Crippen LogP contribution in [0.2, 0.25) is 0 Å². The summed E-state index contributed by atoms with van der Waals surface area (Å²) in [4.78, 5) is 0.0593. The molecule has 4 nitrogen and oxygen atoms in total. The van der Waals surface area contributed by atoms with E-state index in [1.165, 1.54) is 13.2 Å². The lowest BCUT2D eigenvalue weighted by molar-refractivity contribution is 0.403. The lowest BCUT2D eigenvalue weighted by Crippen LogP contribution is -2.06. The molecule has 1 rings (SSSR count). The molecule has 0 amide bonds. The van der Waals surface area contributed by atoms with Gasteiger partial charge in [-0.2, -0.15) is 5.26 Å². The van der Waals surface area contributed by atoms with E-state index in [0.29, 0.717) is 0 Å². The number of nitriles is 1. The Labute approximate surface area is 82.7 Å². The fraction of sp³-hybridized carbons (Fsp3) is 0.222.